The average molecular weight is 208 g/mol. The Morgan fingerprint density at radius 2 is 2.00 bits per heavy atom. The van der Waals surface area contributed by atoms with Crippen LogP contribution < -0.4 is 0 Å². The van der Waals surface area contributed by atoms with Crippen molar-refractivity contribution in [3.8, 4) is 0 Å². The van der Waals surface area contributed by atoms with Crippen LogP contribution >= 0.6 is 0 Å². The Bertz CT molecular complexity index is 221. The highest BCUT2D eigenvalue weighted by atomic mass is 16.5. The Morgan fingerprint density at radius 1 is 1.07 bits per heavy atom. The van der Waals surface area contributed by atoms with E-state index in [1.165, 1.54) is 25.7 Å². The molecule has 0 aliphatic heterocycles. The summed E-state index contributed by atoms with van der Waals surface area (Å²) >= 11 is 0. The van der Waals surface area contributed by atoms with Crippen LogP contribution in [0.15, 0.2) is 0 Å². The average Bonchev–Trinajstić information content (AvgIpc) is 2.78. The predicted octanol–water partition coefficient (Wildman–Crippen LogP) is 2.75. The standard InChI is InChI=1S/C13H20O2/c14-12-7-10-6-9(12)8-13(10)15-11-4-2-1-3-5-11/h4,9-13H,1-3,5-8H2. The van der Waals surface area contributed by atoms with Gasteiger partial charge in [0.1, 0.15) is 0 Å². The largest absolute Gasteiger partial charge is 0.374 e. The highest BCUT2D eigenvalue weighted by molar-refractivity contribution is 4.97. The zero-order valence-corrected chi connectivity index (χ0v) is 9.23. The Morgan fingerprint density at radius 3 is 2.60 bits per heavy atom. The summed E-state index contributed by atoms with van der Waals surface area (Å²) in [7, 11) is 0. The van der Waals surface area contributed by atoms with Crippen LogP contribution in [0, 0.1) is 18.3 Å². The predicted molar refractivity (Wildman–Crippen MR) is 56.7 cm³/mol. The van der Waals surface area contributed by atoms with Crippen molar-refractivity contribution < 1.29 is 9.84 Å². The molecule has 0 amide bonds. The van der Waals surface area contributed by atoms with Gasteiger partial charge in [0.2, 0.25) is 0 Å². The summed E-state index contributed by atoms with van der Waals surface area (Å²) in [5.41, 5.74) is 0. The van der Waals surface area contributed by atoms with Crippen molar-refractivity contribution in [3.63, 3.8) is 0 Å². The molecule has 5 atom stereocenters. The van der Waals surface area contributed by atoms with Gasteiger partial charge in [-0.25, -0.2) is 5.11 Å². The smallest absolute Gasteiger partial charge is 0.0962 e. The Kier molecular flexibility index (Phi) is 2.73. The Hall–Kier alpha value is -0.0800. The summed E-state index contributed by atoms with van der Waals surface area (Å²) in [6, 6.07) is 0. The molecule has 5 unspecified atom stereocenters. The van der Waals surface area contributed by atoms with E-state index in [-0.39, 0.29) is 6.10 Å². The number of fused-ring (bicyclic) bond motifs is 2. The van der Waals surface area contributed by atoms with Crippen LogP contribution in [0.25, 0.3) is 0 Å². The summed E-state index contributed by atoms with van der Waals surface area (Å²) in [5, 5.41) is 11.5. The zero-order valence-electron chi connectivity index (χ0n) is 9.23. The maximum Gasteiger partial charge on any atom is 0.0962 e. The van der Waals surface area contributed by atoms with Crippen LogP contribution in [0.2, 0.25) is 0 Å². The van der Waals surface area contributed by atoms with Gasteiger partial charge >= 0.3 is 0 Å². The fraction of sp³-hybridized carbons (Fsp3) is 0.923. The maximum absolute atomic E-state index is 11.5. The molecule has 0 heterocycles. The third-order valence-electron chi connectivity index (χ3n) is 4.45. The van der Waals surface area contributed by atoms with Gasteiger partial charge in [-0.2, -0.15) is 0 Å². The van der Waals surface area contributed by atoms with Crippen molar-refractivity contribution in [1.29, 1.82) is 0 Å². The monoisotopic (exact) mass is 208 g/mol. The molecule has 3 saturated carbocycles. The molecule has 0 spiro atoms. The molecule has 0 saturated heterocycles. The minimum atomic E-state index is -0.273. The number of rotatable bonds is 2. The van der Waals surface area contributed by atoms with Crippen LogP contribution in [0.4, 0.5) is 0 Å². The second-order valence-electron chi connectivity index (χ2n) is 5.50. The lowest BCUT2D eigenvalue weighted by Gasteiger charge is -2.30. The minimum Gasteiger partial charge on any atom is -0.374 e. The molecule has 2 radical (unpaired) electrons. The molecule has 3 rings (SSSR count). The van der Waals surface area contributed by atoms with Gasteiger partial charge in [0, 0.05) is 0 Å². The van der Waals surface area contributed by atoms with Gasteiger partial charge in [0.05, 0.1) is 18.3 Å². The third-order valence-corrected chi connectivity index (χ3v) is 4.45. The SMILES string of the molecule is [O]C1CC2CC1CC2OC1[CH]CCCC1. The van der Waals surface area contributed by atoms with E-state index in [1.807, 2.05) is 0 Å². The van der Waals surface area contributed by atoms with Crippen molar-refractivity contribution in [2.45, 2.75) is 63.3 Å². The molecule has 2 nitrogen and oxygen atoms in total. The maximum atomic E-state index is 11.5. The number of ether oxygens (including phenoxy) is 1. The van der Waals surface area contributed by atoms with Gasteiger partial charge in [0.15, 0.2) is 0 Å². The molecule has 3 fully saturated rings. The van der Waals surface area contributed by atoms with Gasteiger partial charge in [-0.15, -0.1) is 0 Å². The molecular formula is C13H20O2. The van der Waals surface area contributed by atoms with E-state index in [0.717, 1.165) is 19.3 Å². The first-order valence-electron chi connectivity index (χ1n) is 6.47. The fourth-order valence-electron chi connectivity index (χ4n) is 3.60. The van der Waals surface area contributed by atoms with E-state index in [4.69, 9.17) is 4.74 Å². The normalized spacial score (nSPS) is 46.2. The zero-order chi connectivity index (χ0) is 10.3. The lowest BCUT2D eigenvalue weighted by molar-refractivity contribution is -0.0614. The molecule has 3 aliphatic carbocycles. The first kappa shape index (κ1) is 10.1. The van der Waals surface area contributed by atoms with E-state index in [1.54, 1.807) is 0 Å². The second kappa shape index (κ2) is 4.06. The topological polar surface area (TPSA) is 29.1 Å². The summed E-state index contributed by atoms with van der Waals surface area (Å²) in [4.78, 5) is 0. The molecule has 0 aromatic rings. The highest BCUT2D eigenvalue weighted by Crippen LogP contribution is 2.47. The summed E-state index contributed by atoms with van der Waals surface area (Å²) in [6.45, 7) is 0. The van der Waals surface area contributed by atoms with E-state index in [2.05, 4.69) is 6.42 Å². The third kappa shape index (κ3) is 1.94. The molecule has 84 valence electrons. The minimum absolute atomic E-state index is 0.273. The molecule has 0 aromatic heterocycles. The quantitative estimate of drug-likeness (QED) is 0.686. The molecule has 0 N–H and O–H groups in total. The number of hydrogen-bond donors (Lipinski definition) is 0. The second-order valence-corrected chi connectivity index (χ2v) is 5.50. The van der Waals surface area contributed by atoms with Gasteiger partial charge in [-0.1, -0.05) is 12.8 Å². The van der Waals surface area contributed by atoms with E-state index < -0.39 is 0 Å². The lowest BCUT2D eigenvalue weighted by atomic mass is 9.93. The molecule has 2 bridgehead atoms. The highest BCUT2D eigenvalue weighted by Gasteiger charge is 2.47. The molecule has 2 heteroatoms. The van der Waals surface area contributed by atoms with Crippen molar-refractivity contribution in [3.05, 3.63) is 6.42 Å². The summed E-state index contributed by atoms with van der Waals surface area (Å²) in [5.74, 6) is 1.02. The van der Waals surface area contributed by atoms with Crippen molar-refractivity contribution in [2.75, 3.05) is 0 Å². The lowest BCUT2D eigenvalue weighted by Crippen LogP contribution is -2.31. The first-order chi connectivity index (χ1) is 7.33. The van der Waals surface area contributed by atoms with Crippen molar-refractivity contribution in [2.24, 2.45) is 11.8 Å². The van der Waals surface area contributed by atoms with Crippen LogP contribution in [-0.4, -0.2) is 18.3 Å². The van der Waals surface area contributed by atoms with Gasteiger partial charge in [0.25, 0.3) is 0 Å². The molecule has 0 aromatic carbocycles. The Balaban J connectivity index is 1.52. The van der Waals surface area contributed by atoms with Crippen LogP contribution in [-0.2, 0) is 9.84 Å². The van der Waals surface area contributed by atoms with Gasteiger partial charge < -0.3 is 4.74 Å². The summed E-state index contributed by atoms with van der Waals surface area (Å²) < 4.78 is 6.14. The molecule has 15 heavy (non-hydrogen) atoms. The van der Waals surface area contributed by atoms with Crippen molar-refractivity contribution >= 4 is 0 Å². The van der Waals surface area contributed by atoms with Crippen molar-refractivity contribution in [1.82, 2.24) is 0 Å². The van der Waals surface area contributed by atoms with E-state index in [0.29, 0.717) is 24.0 Å². The Labute approximate surface area is 92.0 Å². The van der Waals surface area contributed by atoms with Crippen LogP contribution in [0.1, 0.15) is 44.9 Å². The summed E-state index contributed by atoms with van der Waals surface area (Å²) in [6.07, 6.45) is 11.0. The van der Waals surface area contributed by atoms with Gasteiger partial charge in [-0.3, -0.25) is 0 Å². The van der Waals surface area contributed by atoms with Crippen LogP contribution in [0.5, 0.6) is 0 Å². The molecular weight excluding hydrogens is 188 g/mol. The van der Waals surface area contributed by atoms with Gasteiger partial charge in [-0.05, 0) is 50.4 Å². The van der Waals surface area contributed by atoms with E-state index in [9.17, 15) is 5.11 Å². The van der Waals surface area contributed by atoms with E-state index >= 15 is 0 Å². The first-order valence-corrected chi connectivity index (χ1v) is 6.47. The molecule has 3 aliphatic rings. The fourth-order valence-corrected chi connectivity index (χ4v) is 3.60. The van der Waals surface area contributed by atoms with Crippen LogP contribution in [0.3, 0.4) is 0 Å². The number of hydrogen-bond acceptors (Lipinski definition) is 1.